The van der Waals surface area contributed by atoms with Gasteiger partial charge in [0.25, 0.3) is 5.91 Å². The first-order valence-corrected chi connectivity index (χ1v) is 8.72. The maximum Gasteiger partial charge on any atom is 0.322 e. The molecule has 3 heterocycles. The van der Waals surface area contributed by atoms with Gasteiger partial charge in [-0.25, -0.2) is 4.79 Å². The Morgan fingerprint density at radius 1 is 1.21 bits per heavy atom. The van der Waals surface area contributed by atoms with Crippen LogP contribution in [0.2, 0.25) is 0 Å². The summed E-state index contributed by atoms with van der Waals surface area (Å²) in [5, 5.41) is 6.88. The minimum atomic E-state index is -0.358. The van der Waals surface area contributed by atoms with Crippen LogP contribution in [0.1, 0.15) is 17.2 Å². The van der Waals surface area contributed by atoms with E-state index in [4.69, 9.17) is 0 Å². The van der Waals surface area contributed by atoms with Gasteiger partial charge in [0, 0.05) is 13.6 Å². The quantitative estimate of drug-likeness (QED) is 0.935. The number of carbonyl (C=O) groups excluding carboxylic acids is 2. The van der Waals surface area contributed by atoms with Crippen molar-refractivity contribution in [1.82, 2.24) is 15.1 Å². The summed E-state index contributed by atoms with van der Waals surface area (Å²) in [4.78, 5) is 28.6. The highest BCUT2D eigenvalue weighted by Crippen LogP contribution is 2.36. The maximum atomic E-state index is 13.0. The highest BCUT2D eigenvalue weighted by Gasteiger charge is 2.42. The summed E-state index contributed by atoms with van der Waals surface area (Å²) in [6.45, 7) is 1.01. The molecule has 0 aliphatic carbocycles. The van der Waals surface area contributed by atoms with Gasteiger partial charge in [0.1, 0.15) is 0 Å². The Hall–Kier alpha value is -2.60. The molecule has 4 rings (SSSR count). The fourth-order valence-corrected chi connectivity index (χ4v) is 3.93. The molecule has 2 aliphatic heterocycles. The van der Waals surface area contributed by atoms with E-state index in [1.807, 2.05) is 47.2 Å². The van der Waals surface area contributed by atoms with Gasteiger partial charge in [-0.15, -0.1) is 0 Å². The van der Waals surface area contributed by atoms with Crippen molar-refractivity contribution in [3.63, 3.8) is 0 Å². The molecule has 1 atom stereocenters. The van der Waals surface area contributed by atoms with Crippen molar-refractivity contribution in [3.8, 4) is 0 Å². The number of hydrogen-bond donors (Lipinski definition) is 1. The van der Waals surface area contributed by atoms with Crippen LogP contribution in [0.15, 0.2) is 58.4 Å². The molecule has 5 nitrogen and oxygen atoms in total. The standard InChI is InChI=1S/C18H17N3O2S/c1-20-14-10-21(9-12-5-3-2-4-6-12)17(22)15(14)16(19-18(20)23)13-7-8-24-11-13/h2-8,11,16H,9-10H2,1H3,(H,19,23)/t16-/m0/s1. The van der Waals surface area contributed by atoms with E-state index in [1.165, 1.54) is 0 Å². The van der Waals surface area contributed by atoms with E-state index in [-0.39, 0.29) is 18.0 Å². The van der Waals surface area contributed by atoms with Crippen LogP contribution < -0.4 is 5.32 Å². The fourth-order valence-electron chi connectivity index (χ4n) is 3.24. The number of likely N-dealkylation sites (N-methyl/N-ethyl adjacent to an activating group) is 1. The number of rotatable bonds is 3. The molecule has 6 heteroatoms. The molecule has 0 saturated heterocycles. The van der Waals surface area contributed by atoms with Gasteiger partial charge < -0.3 is 10.2 Å². The zero-order valence-corrected chi connectivity index (χ0v) is 14.0. The molecule has 0 radical (unpaired) electrons. The molecule has 0 bridgehead atoms. The molecule has 2 aliphatic rings. The van der Waals surface area contributed by atoms with Gasteiger partial charge in [-0.2, -0.15) is 11.3 Å². The van der Waals surface area contributed by atoms with Crippen LogP contribution in [-0.4, -0.2) is 35.3 Å². The Morgan fingerprint density at radius 2 is 2.00 bits per heavy atom. The predicted molar refractivity (Wildman–Crippen MR) is 92.2 cm³/mol. The van der Waals surface area contributed by atoms with E-state index < -0.39 is 0 Å². The Bertz CT molecular complexity index is 814. The molecule has 1 aromatic carbocycles. The molecule has 3 amide bonds. The van der Waals surface area contributed by atoms with Gasteiger partial charge in [0.15, 0.2) is 0 Å². The minimum absolute atomic E-state index is 0.00287. The number of nitrogens with one attached hydrogen (secondary N) is 1. The molecule has 0 unspecified atom stereocenters. The number of urea groups is 1. The number of thiophene rings is 1. The monoisotopic (exact) mass is 339 g/mol. The Morgan fingerprint density at radius 3 is 2.71 bits per heavy atom. The van der Waals surface area contributed by atoms with Crippen molar-refractivity contribution in [1.29, 1.82) is 0 Å². The van der Waals surface area contributed by atoms with Crippen molar-refractivity contribution >= 4 is 23.3 Å². The first-order valence-electron chi connectivity index (χ1n) is 7.77. The smallest absolute Gasteiger partial charge is 0.322 e. The summed E-state index contributed by atoms with van der Waals surface area (Å²) in [5.41, 5.74) is 3.53. The Labute approximate surface area is 144 Å². The third-order valence-corrected chi connectivity index (χ3v) is 5.23. The van der Waals surface area contributed by atoms with E-state index in [9.17, 15) is 9.59 Å². The first kappa shape index (κ1) is 15.0. The number of amides is 3. The SMILES string of the molecule is CN1C(=O)N[C@@H](c2ccsc2)C2=C1CN(Cc1ccccc1)C2=O. The highest BCUT2D eigenvalue weighted by atomic mass is 32.1. The largest absolute Gasteiger partial charge is 0.329 e. The molecule has 0 saturated carbocycles. The lowest BCUT2D eigenvalue weighted by molar-refractivity contribution is -0.126. The summed E-state index contributed by atoms with van der Waals surface area (Å²) in [5.74, 6) is -0.00287. The third-order valence-electron chi connectivity index (χ3n) is 4.53. The van der Waals surface area contributed by atoms with Crippen LogP contribution in [-0.2, 0) is 11.3 Å². The summed E-state index contributed by atoms with van der Waals surface area (Å²) < 4.78 is 0. The summed E-state index contributed by atoms with van der Waals surface area (Å²) in [7, 11) is 1.72. The van der Waals surface area contributed by atoms with Crippen molar-refractivity contribution < 1.29 is 9.59 Å². The van der Waals surface area contributed by atoms with Crippen molar-refractivity contribution in [2.24, 2.45) is 0 Å². The summed E-state index contributed by atoms with van der Waals surface area (Å²) in [6.07, 6.45) is 0. The molecular formula is C18H17N3O2S. The third kappa shape index (κ3) is 2.39. The fraction of sp³-hybridized carbons (Fsp3) is 0.222. The van der Waals surface area contributed by atoms with Crippen molar-refractivity contribution in [2.45, 2.75) is 12.6 Å². The van der Waals surface area contributed by atoms with E-state index in [1.54, 1.807) is 28.2 Å². The van der Waals surface area contributed by atoms with Gasteiger partial charge >= 0.3 is 6.03 Å². The number of benzene rings is 1. The topological polar surface area (TPSA) is 52.7 Å². The molecule has 122 valence electrons. The molecule has 1 aromatic heterocycles. The summed E-state index contributed by atoms with van der Waals surface area (Å²) >= 11 is 1.56. The van der Waals surface area contributed by atoms with Gasteiger partial charge in [-0.1, -0.05) is 30.3 Å². The average molecular weight is 339 g/mol. The van der Waals surface area contributed by atoms with Crippen molar-refractivity contribution in [2.75, 3.05) is 13.6 Å². The van der Waals surface area contributed by atoms with Crippen LogP contribution in [0.4, 0.5) is 4.79 Å². The predicted octanol–water partition coefficient (Wildman–Crippen LogP) is 2.74. The van der Waals surface area contributed by atoms with E-state index in [0.29, 0.717) is 18.7 Å². The lowest BCUT2D eigenvalue weighted by Crippen LogP contribution is -2.45. The average Bonchev–Trinajstić information content (AvgIpc) is 3.22. The lowest BCUT2D eigenvalue weighted by atomic mass is 9.98. The molecule has 2 aromatic rings. The van der Waals surface area contributed by atoms with Gasteiger partial charge in [0.2, 0.25) is 0 Å². The molecule has 24 heavy (non-hydrogen) atoms. The number of nitrogens with zero attached hydrogens (tertiary/aromatic N) is 2. The van der Waals surface area contributed by atoms with Crippen LogP contribution in [0.25, 0.3) is 0 Å². The van der Waals surface area contributed by atoms with Crippen LogP contribution in [0.5, 0.6) is 0 Å². The maximum absolute atomic E-state index is 13.0. The van der Waals surface area contributed by atoms with Crippen LogP contribution in [0, 0.1) is 0 Å². The molecule has 0 fully saturated rings. The highest BCUT2D eigenvalue weighted by molar-refractivity contribution is 7.08. The van der Waals surface area contributed by atoms with Gasteiger partial charge in [-0.3, -0.25) is 9.69 Å². The normalized spacial score (nSPS) is 20.5. The number of carbonyl (C=O) groups is 2. The zero-order chi connectivity index (χ0) is 16.7. The van der Waals surface area contributed by atoms with Crippen LogP contribution in [0.3, 0.4) is 0 Å². The molecular weight excluding hydrogens is 322 g/mol. The van der Waals surface area contributed by atoms with Gasteiger partial charge in [-0.05, 0) is 28.0 Å². The summed E-state index contributed by atoms with van der Waals surface area (Å²) in [6, 6.07) is 11.3. The minimum Gasteiger partial charge on any atom is -0.329 e. The number of hydrogen-bond acceptors (Lipinski definition) is 3. The van der Waals surface area contributed by atoms with Gasteiger partial charge in [0.05, 0.1) is 23.9 Å². The van der Waals surface area contributed by atoms with Crippen LogP contribution >= 0.6 is 11.3 Å². The van der Waals surface area contributed by atoms with E-state index in [2.05, 4.69) is 5.32 Å². The molecule has 1 N–H and O–H groups in total. The lowest BCUT2D eigenvalue weighted by Gasteiger charge is -2.30. The zero-order valence-electron chi connectivity index (χ0n) is 13.2. The second kappa shape index (κ2) is 5.79. The second-order valence-electron chi connectivity index (χ2n) is 6.01. The Kier molecular flexibility index (Phi) is 3.61. The van der Waals surface area contributed by atoms with E-state index >= 15 is 0 Å². The first-order chi connectivity index (χ1) is 11.6. The molecule has 0 spiro atoms. The second-order valence-corrected chi connectivity index (χ2v) is 6.79. The Balaban J connectivity index is 1.67. The van der Waals surface area contributed by atoms with Crippen molar-refractivity contribution in [3.05, 3.63) is 69.6 Å². The van der Waals surface area contributed by atoms with E-state index in [0.717, 1.165) is 16.8 Å².